The summed E-state index contributed by atoms with van der Waals surface area (Å²) in [4.78, 5) is 14.0. The van der Waals surface area contributed by atoms with Gasteiger partial charge in [-0.3, -0.25) is 4.79 Å². The third-order valence-electron chi connectivity index (χ3n) is 5.91. The second kappa shape index (κ2) is 9.53. The number of anilines is 1. The van der Waals surface area contributed by atoms with Gasteiger partial charge in [0.25, 0.3) is 0 Å². The number of nitrogens with zero attached hydrogens (tertiary/aromatic N) is 2. The summed E-state index contributed by atoms with van der Waals surface area (Å²) in [6.45, 7) is 13.2. The number of benzene rings is 1. The van der Waals surface area contributed by atoms with Crippen LogP contribution in [0.4, 0.5) is 5.69 Å². The monoisotopic (exact) mass is 451 g/mol. The fourth-order valence-electron chi connectivity index (χ4n) is 4.45. The highest BCUT2D eigenvalue weighted by Gasteiger charge is 2.29. The third-order valence-corrected chi connectivity index (χ3v) is 6.19. The summed E-state index contributed by atoms with van der Waals surface area (Å²) >= 11 is 6.12. The summed E-state index contributed by atoms with van der Waals surface area (Å²) in [6.07, 6.45) is 10.9. The number of carboxylic acid groups (broad SMARTS) is 1. The molecule has 3 N–H and O–H groups in total. The quantitative estimate of drug-likeness (QED) is 0.522. The van der Waals surface area contributed by atoms with Crippen LogP contribution in [0.1, 0.15) is 36.2 Å². The van der Waals surface area contributed by atoms with Gasteiger partial charge in [-0.05, 0) is 68.2 Å². The highest BCUT2D eigenvalue weighted by molar-refractivity contribution is 6.31. The fraction of sp³-hybridized carbons (Fsp3) is 0.269. The predicted molar refractivity (Wildman–Crippen MR) is 135 cm³/mol. The van der Waals surface area contributed by atoms with Crippen molar-refractivity contribution in [3.63, 3.8) is 0 Å². The Morgan fingerprint density at radius 3 is 2.62 bits per heavy atom. The first-order valence-electron chi connectivity index (χ1n) is 10.6. The van der Waals surface area contributed by atoms with Crippen LogP contribution in [0.3, 0.4) is 0 Å². The molecule has 5 nitrogen and oxygen atoms in total. The molecule has 0 spiro atoms. The summed E-state index contributed by atoms with van der Waals surface area (Å²) in [7, 11) is 0. The standard InChI is InChI=1S/C26H30ClN3O2/c1-6-8-9-22(28)30-13-12-29-17(4)14-21-24(16(3)10-11-19(27)7-2)20(15-23(31)32)18(5)25(30)26(21)29/h6-11,14H,2,12-13,15,28H2,1,3-5H3,(H,31,32)/b8-6+,16-10+,19-11+,22-9+. The van der Waals surface area contributed by atoms with Crippen molar-refractivity contribution >= 4 is 39.7 Å². The molecular weight excluding hydrogens is 422 g/mol. The molecule has 1 aromatic carbocycles. The maximum atomic E-state index is 11.9. The molecule has 3 rings (SSSR count). The molecule has 168 valence electrons. The van der Waals surface area contributed by atoms with Gasteiger partial charge in [0, 0.05) is 29.2 Å². The number of aliphatic carboxylic acids is 1. The van der Waals surface area contributed by atoms with E-state index in [-0.39, 0.29) is 6.42 Å². The first-order valence-corrected chi connectivity index (χ1v) is 11.0. The van der Waals surface area contributed by atoms with Gasteiger partial charge in [0.05, 0.1) is 17.6 Å². The number of allylic oxidation sites excluding steroid dienone is 8. The van der Waals surface area contributed by atoms with Gasteiger partial charge >= 0.3 is 5.97 Å². The van der Waals surface area contributed by atoms with E-state index in [9.17, 15) is 9.90 Å². The van der Waals surface area contributed by atoms with Gasteiger partial charge in [-0.1, -0.05) is 42.5 Å². The third kappa shape index (κ3) is 4.26. The predicted octanol–water partition coefficient (Wildman–Crippen LogP) is 5.79. The first-order chi connectivity index (χ1) is 15.2. The summed E-state index contributed by atoms with van der Waals surface area (Å²) in [5, 5.41) is 11.3. The van der Waals surface area contributed by atoms with E-state index in [1.807, 2.05) is 45.1 Å². The van der Waals surface area contributed by atoms with Crippen LogP contribution in [-0.4, -0.2) is 22.2 Å². The number of hydrogen-bond donors (Lipinski definition) is 2. The van der Waals surface area contributed by atoms with Gasteiger partial charge in [-0.15, -0.1) is 0 Å². The molecule has 0 radical (unpaired) electrons. The average Bonchev–Trinajstić information content (AvgIpc) is 3.09. The van der Waals surface area contributed by atoms with Gasteiger partial charge in [0.15, 0.2) is 0 Å². The number of hydrogen-bond acceptors (Lipinski definition) is 3. The maximum Gasteiger partial charge on any atom is 0.307 e. The number of carbonyl (C=O) groups is 1. The van der Waals surface area contributed by atoms with E-state index in [1.165, 1.54) is 0 Å². The molecular formula is C26H30ClN3O2. The molecule has 6 heteroatoms. The Hall–Kier alpha value is -3.18. The summed E-state index contributed by atoms with van der Waals surface area (Å²) in [5.41, 5.74) is 13.3. The Morgan fingerprint density at radius 1 is 1.28 bits per heavy atom. The Kier molecular flexibility index (Phi) is 6.99. The van der Waals surface area contributed by atoms with E-state index in [2.05, 4.69) is 29.0 Å². The van der Waals surface area contributed by atoms with Crippen LogP contribution >= 0.6 is 11.6 Å². The molecule has 1 aliphatic rings. The van der Waals surface area contributed by atoms with E-state index in [0.717, 1.165) is 57.6 Å². The molecule has 0 atom stereocenters. The van der Waals surface area contributed by atoms with Crippen LogP contribution in [0, 0.1) is 13.8 Å². The lowest BCUT2D eigenvalue weighted by Crippen LogP contribution is -2.35. The minimum atomic E-state index is -0.871. The second-order valence-corrected chi connectivity index (χ2v) is 8.41. The van der Waals surface area contributed by atoms with Crippen LogP contribution < -0.4 is 10.6 Å². The fourth-order valence-corrected chi connectivity index (χ4v) is 4.51. The maximum absolute atomic E-state index is 11.9. The van der Waals surface area contributed by atoms with Crippen molar-refractivity contribution in [3.8, 4) is 0 Å². The summed E-state index contributed by atoms with van der Waals surface area (Å²) in [6, 6.07) is 2.14. The number of aromatic nitrogens is 1. The first kappa shape index (κ1) is 23.5. The van der Waals surface area contributed by atoms with Gasteiger partial charge in [-0.2, -0.15) is 0 Å². The highest BCUT2D eigenvalue weighted by Crippen LogP contribution is 2.43. The number of rotatable bonds is 7. The number of nitrogens with two attached hydrogens (primary N) is 1. The number of aryl methyl sites for hydroxylation is 1. The van der Waals surface area contributed by atoms with Crippen molar-refractivity contribution < 1.29 is 9.90 Å². The Morgan fingerprint density at radius 2 is 2.00 bits per heavy atom. The molecule has 0 bridgehead atoms. The van der Waals surface area contributed by atoms with Crippen LogP contribution in [-0.2, 0) is 17.8 Å². The van der Waals surface area contributed by atoms with Crippen molar-refractivity contribution in [3.05, 3.63) is 82.3 Å². The zero-order valence-electron chi connectivity index (χ0n) is 19.1. The molecule has 0 fully saturated rings. The zero-order chi connectivity index (χ0) is 23.6. The molecule has 0 saturated carbocycles. The van der Waals surface area contributed by atoms with E-state index < -0.39 is 5.97 Å². The Labute approximate surface area is 194 Å². The van der Waals surface area contributed by atoms with Crippen LogP contribution in [0.5, 0.6) is 0 Å². The lowest BCUT2D eigenvalue weighted by atomic mass is 9.88. The van der Waals surface area contributed by atoms with Crippen molar-refractivity contribution in [2.24, 2.45) is 5.73 Å². The lowest BCUT2D eigenvalue weighted by molar-refractivity contribution is -0.136. The lowest BCUT2D eigenvalue weighted by Gasteiger charge is -2.34. The number of carboxylic acids is 1. The van der Waals surface area contributed by atoms with Gasteiger partial charge in [0.1, 0.15) is 5.82 Å². The molecule has 0 amide bonds. The van der Waals surface area contributed by atoms with Gasteiger partial charge in [-0.25, -0.2) is 0 Å². The SMILES string of the molecule is C=C/C(Cl)=C\C=C(/C)c1c(CC(=O)O)c(C)c2c3c1cc(C)n3CCN2/C(N)=C/C=C/C. The summed E-state index contributed by atoms with van der Waals surface area (Å²) < 4.78 is 2.30. The van der Waals surface area contributed by atoms with E-state index in [1.54, 1.807) is 12.2 Å². The highest BCUT2D eigenvalue weighted by atomic mass is 35.5. The minimum Gasteiger partial charge on any atom is -0.481 e. The minimum absolute atomic E-state index is 0.0786. The van der Waals surface area contributed by atoms with Crippen LogP contribution in [0.2, 0.25) is 0 Å². The summed E-state index contributed by atoms with van der Waals surface area (Å²) in [5.74, 6) is -0.232. The normalized spacial score (nSPS) is 15.2. The van der Waals surface area contributed by atoms with Crippen LogP contribution in [0.15, 0.2) is 60.0 Å². The van der Waals surface area contributed by atoms with E-state index >= 15 is 0 Å². The van der Waals surface area contributed by atoms with E-state index in [0.29, 0.717) is 10.9 Å². The second-order valence-electron chi connectivity index (χ2n) is 7.97. The van der Waals surface area contributed by atoms with Crippen molar-refractivity contribution in [1.29, 1.82) is 0 Å². The molecule has 2 aromatic rings. The molecule has 2 heterocycles. The largest absolute Gasteiger partial charge is 0.481 e. The average molecular weight is 452 g/mol. The van der Waals surface area contributed by atoms with E-state index in [4.69, 9.17) is 17.3 Å². The Bertz CT molecular complexity index is 1210. The van der Waals surface area contributed by atoms with Gasteiger partial charge in [0.2, 0.25) is 0 Å². The molecule has 0 aliphatic carbocycles. The molecule has 32 heavy (non-hydrogen) atoms. The van der Waals surface area contributed by atoms with Crippen molar-refractivity contribution in [1.82, 2.24) is 4.57 Å². The Balaban J connectivity index is 2.41. The van der Waals surface area contributed by atoms with Crippen molar-refractivity contribution in [2.45, 2.75) is 40.7 Å². The molecule has 0 unspecified atom stereocenters. The smallest absolute Gasteiger partial charge is 0.307 e. The van der Waals surface area contributed by atoms with Gasteiger partial charge < -0.3 is 20.3 Å². The van der Waals surface area contributed by atoms with Crippen molar-refractivity contribution in [2.75, 3.05) is 11.4 Å². The molecule has 1 aliphatic heterocycles. The number of halogens is 1. The molecule has 0 saturated heterocycles. The topological polar surface area (TPSA) is 71.5 Å². The molecule has 1 aromatic heterocycles. The zero-order valence-corrected chi connectivity index (χ0v) is 19.8. The van der Waals surface area contributed by atoms with Crippen LogP contribution in [0.25, 0.3) is 16.5 Å².